The summed E-state index contributed by atoms with van der Waals surface area (Å²) >= 11 is 1.37. The molecule has 1 unspecified atom stereocenters. The Labute approximate surface area is 129 Å². The largest absolute Gasteiger partial charge is 0.321 e. The molecule has 1 atom stereocenters. The molecule has 1 aliphatic heterocycles. The van der Waals surface area contributed by atoms with Gasteiger partial charge in [0.1, 0.15) is 22.8 Å². The van der Waals surface area contributed by atoms with Crippen LogP contribution in [0.5, 0.6) is 0 Å². The maximum absolute atomic E-state index is 14.0. The van der Waals surface area contributed by atoms with Crippen LogP contribution >= 0.6 is 11.8 Å². The fraction of sp³-hybridized carbons (Fsp3) is 0.188. The van der Waals surface area contributed by atoms with Crippen molar-refractivity contribution in [3.05, 3.63) is 71.0 Å². The number of halogens is 3. The van der Waals surface area contributed by atoms with Gasteiger partial charge in [-0.15, -0.1) is 11.8 Å². The Balaban J connectivity index is 1.93. The van der Waals surface area contributed by atoms with E-state index in [4.69, 9.17) is 0 Å². The predicted molar refractivity (Wildman–Crippen MR) is 79.0 cm³/mol. The second-order valence-electron chi connectivity index (χ2n) is 4.87. The second kappa shape index (κ2) is 6.04. The highest BCUT2D eigenvalue weighted by Crippen LogP contribution is 2.40. The molecule has 0 N–H and O–H groups in total. The average Bonchev–Trinajstić information content (AvgIpc) is 2.96. The number of nitrogens with zero attached hydrogens (tertiary/aromatic N) is 1. The summed E-state index contributed by atoms with van der Waals surface area (Å²) in [7, 11) is 0. The molecule has 0 bridgehead atoms. The van der Waals surface area contributed by atoms with Crippen molar-refractivity contribution in [2.24, 2.45) is 0 Å². The summed E-state index contributed by atoms with van der Waals surface area (Å²) in [6, 6.07) is 8.97. The molecule has 1 saturated heterocycles. The van der Waals surface area contributed by atoms with E-state index >= 15 is 0 Å². The van der Waals surface area contributed by atoms with Crippen molar-refractivity contribution in [2.45, 2.75) is 5.37 Å². The van der Waals surface area contributed by atoms with E-state index in [-0.39, 0.29) is 11.1 Å². The highest BCUT2D eigenvalue weighted by atomic mass is 32.2. The topological polar surface area (TPSA) is 20.3 Å². The molecule has 6 heteroatoms. The van der Waals surface area contributed by atoms with Gasteiger partial charge in [-0.3, -0.25) is 4.79 Å². The normalized spacial score (nSPS) is 17.8. The standard InChI is InChI=1S/C16H12F3NOS/c17-10-5-6-12(14(19)9-10)16-20(7-8-22-16)15(21)11-3-1-2-4-13(11)18/h1-6,9,16H,7-8H2. The third-order valence-electron chi connectivity index (χ3n) is 3.48. The van der Waals surface area contributed by atoms with Gasteiger partial charge in [0, 0.05) is 23.9 Å². The van der Waals surface area contributed by atoms with Gasteiger partial charge >= 0.3 is 0 Å². The molecule has 0 aromatic heterocycles. The number of carbonyl (C=O) groups excluding carboxylic acids is 1. The molecule has 1 fully saturated rings. The molecule has 22 heavy (non-hydrogen) atoms. The Morgan fingerprint density at radius 3 is 2.59 bits per heavy atom. The van der Waals surface area contributed by atoms with Crippen molar-refractivity contribution in [2.75, 3.05) is 12.3 Å². The number of benzene rings is 2. The maximum Gasteiger partial charge on any atom is 0.258 e. The molecule has 0 spiro atoms. The van der Waals surface area contributed by atoms with Crippen LogP contribution in [0, 0.1) is 17.5 Å². The van der Waals surface area contributed by atoms with E-state index < -0.39 is 28.7 Å². The monoisotopic (exact) mass is 323 g/mol. The van der Waals surface area contributed by atoms with E-state index in [1.54, 1.807) is 6.07 Å². The lowest BCUT2D eigenvalue weighted by molar-refractivity contribution is 0.0754. The molecule has 0 radical (unpaired) electrons. The number of rotatable bonds is 2. The summed E-state index contributed by atoms with van der Waals surface area (Å²) in [5, 5.41) is -0.576. The zero-order valence-electron chi connectivity index (χ0n) is 11.4. The summed E-state index contributed by atoms with van der Waals surface area (Å²) in [5.74, 6) is -1.86. The number of hydrogen-bond acceptors (Lipinski definition) is 2. The SMILES string of the molecule is O=C(c1ccccc1F)N1CCSC1c1ccc(F)cc1F. The van der Waals surface area contributed by atoms with Crippen molar-refractivity contribution in [3.63, 3.8) is 0 Å². The molecule has 1 aliphatic rings. The van der Waals surface area contributed by atoms with Crippen LogP contribution in [0.2, 0.25) is 0 Å². The minimum absolute atomic E-state index is 0.0440. The van der Waals surface area contributed by atoms with Gasteiger partial charge < -0.3 is 4.90 Å². The number of hydrogen-bond donors (Lipinski definition) is 0. The van der Waals surface area contributed by atoms with Gasteiger partial charge in [0.2, 0.25) is 0 Å². The highest BCUT2D eigenvalue weighted by Gasteiger charge is 2.33. The summed E-state index contributed by atoms with van der Waals surface area (Å²) in [5.41, 5.74) is 0.186. The van der Waals surface area contributed by atoms with E-state index in [0.29, 0.717) is 12.3 Å². The first-order valence-corrected chi connectivity index (χ1v) is 7.75. The smallest absolute Gasteiger partial charge is 0.258 e. The van der Waals surface area contributed by atoms with Crippen molar-refractivity contribution in [3.8, 4) is 0 Å². The molecule has 114 valence electrons. The van der Waals surface area contributed by atoms with Crippen molar-refractivity contribution in [1.82, 2.24) is 4.90 Å². The van der Waals surface area contributed by atoms with Crippen LogP contribution in [0.4, 0.5) is 13.2 Å². The van der Waals surface area contributed by atoms with Crippen LogP contribution in [0.3, 0.4) is 0 Å². The maximum atomic E-state index is 14.0. The van der Waals surface area contributed by atoms with E-state index in [1.807, 2.05) is 0 Å². The molecule has 1 amide bonds. The van der Waals surface area contributed by atoms with Gasteiger partial charge in [-0.05, 0) is 18.2 Å². The Bertz CT molecular complexity index is 722. The third-order valence-corrected chi connectivity index (χ3v) is 4.73. The van der Waals surface area contributed by atoms with Gasteiger partial charge in [-0.2, -0.15) is 0 Å². The fourth-order valence-corrected chi connectivity index (χ4v) is 3.70. The van der Waals surface area contributed by atoms with Gasteiger partial charge in [-0.1, -0.05) is 18.2 Å². The molecular formula is C16H12F3NOS. The van der Waals surface area contributed by atoms with Gasteiger partial charge in [0.15, 0.2) is 0 Å². The molecular weight excluding hydrogens is 311 g/mol. The fourth-order valence-electron chi connectivity index (χ4n) is 2.43. The van der Waals surface area contributed by atoms with Crippen LogP contribution in [0.15, 0.2) is 42.5 Å². The first kappa shape index (κ1) is 15.0. The molecule has 2 aromatic carbocycles. The average molecular weight is 323 g/mol. The van der Waals surface area contributed by atoms with Crippen molar-refractivity contribution >= 4 is 17.7 Å². The Morgan fingerprint density at radius 2 is 1.86 bits per heavy atom. The van der Waals surface area contributed by atoms with Gasteiger partial charge in [-0.25, -0.2) is 13.2 Å². The Morgan fingerprint density at radius 1 is 1.09 bits per heavy atom. The van der Waals surface area contributed by atoms with Crippen LogP contribution in [-0.2, 0) is 0 Å². The molecule has 0 aliphatic carbocycles. The van der Waals surface area contributed by atoms with Crippen LogP contribution in [-0.4, -0.2) is 23.1 Å². The Kier molecular flexibility index (Phi) is 4.11. The zero-order chi connectivity index (χ0) is 15.7. The molecule has 2 aromatic rings. The summed E-state index contributed by atoms with van der Waals surface area (Å²) < 4.78 is 40.8. The summed E-state index contributed by atoms with van der Waals surface area (Å²) in [4.78, 5) is 13.9. The molecule has 2 nitrogen and oxygen atoms in total. The van der Waals surface area contributed by atoms with Crippen molar-refractivity contribution in [1.29, 1.82) is 0 Å². The quantitative estimate of drug-likeness (QED) is 0.833. The van der Waals surface area contributed by atoms with Crippen LogP contribution < -0.4 is 0 Å². The number of thioether (sulfide) groups is 1. The van der Waals surface area contributed by atoms with Crippen LogP contribution in [0.1, 0.15) is 21.3 Å². The van der Waals surface area contributed by atoms with Crippen molar-refractivity contribution < 1.29 is 18.0 Å². The van der Waals surface area contributed by atoms with E-state index in [1.165, 1.54) is 40.9 Å². The van der Waals surface area contributed by atoms with Gasteiger partial charge in [0.25, 0.3) is 5.91 Å². The highest BCUT2D eigenvalue weighted by molar-refractivity contribution is 7.99. The zero-order valence-corrected chi connectivity index (χ0v) is 12.2. The van der Waals surface area contributed by atoms with Gasteiger partial charge in [0.05, 0.1) is 5.56 Å². The summed E-state index contributed by atoms with van der Waals surface area (Å²) in [6.07, 6.45) is 0. The Hall–Kier alpha value is -1.95. The van der Waals surface area contributed by atoms with E-state index in [2.05, 4.69) is 0 Å². The molecule has 0 saturated carbocycles. The third kappa shape index (κ3) is 2.70. The minimum atomic E-state index is -0.703. The lowest BCUT2D eigenvalue weighted by Gasteiger charge is -2.24. The van der Waals surface area contributed by atoms with Crippen LogP contribution in [0.25, 0.3) is 0 Å². The second-order valence-corrected chi connectivity index (χ2v) is 6.06. The minimum Gasteiger partial charge on any atom is -0.321 e. The summed E-state index contributed by atoms with van der Waals surface area (Å²) in [6.45, 7) is 0.388. The number of carbonyl (C=O) groups is 1. The first-order valence-electron chi connectivity index (χ1n) is 6.70. The van der Waals surface area contributed by atoms with E-state index in [9.17, 15) is 18.0 Å². The first-order chi connectivity index (χ1) is 10.6. The molecule has 1 heterocycles. The number of amides is 1. The molecule has 3 rings (SSSR count). The van der Waals surface area contributed by atoms with E-state index in [0.717, 1.165) is 12.1 Å². The predicted octanol–water partition coefficient (Wildman–Crippen LogP) is 3.99. The lowest BCUT2D eigenvalue weighted by atomic mass is 10.1. The lowest BCUT2D eigenvalue weighted by Crippen LogP contribution is -2.31.